The second-order valence-corrected chi connectivity index (χ2v) is 10.6. The van der Waals surface area contributed by atoms with Crippen molar-refractivity contribution in [1.29, 1.82) is 0 Å². The summed E-state index contributed by atoms with van der Waals surface area (Å²) in [4.78, 5) is 32.8. The third kappa shape index (κ3) is 9.47. The molecule has 1 aliphatic heterocycles. The number of aryl methyl sites for hydroxylation is 2. The van der Waals surface area contributed by atoms with Gasteiger partial charge in [0.2, 0.25) is 0 Å². The van der Waals surface area contributed by atoms with E-state index in [0.29, 0.717) is 35.7 Å². The van der Waals surface area contributed by atoms with Gasteiger partial charge >= 0.3 is 0 Å². The minimum Gasteiger partial charge on any atom is -0.496 e. The predicted octanol–water partition coefficient (Wildman–Crippen LogP) is 6.42. The number of likely N-dealkylation sites (tertiary alicyclic amines) is 1. The van der Waals surface area contributed by atoms with Crippen LogP contribution in [-0.2, 0) is 16.0 Å². The van der Waals surface area contributed by atoms with Crippen LogP contribution in [0.1, 0.15) is 77.3 Å². The summed E-state index contributed by atoms with van der Waals surface area (Å²) < 4.78 is 11.5. The number of oxazole rings is 1. The number of carbonyl (C=O) groups is 2. The molecule has 8 nitrogen and oxygen atoms in total. The van der Waals surface area contributed by atoms with Crippen molar-refractivity contribution in [2.45, 2.75) is 79.1 Å². The lowest BCUT2D eigenvalue weighted by Crippen LogP contribution is -2.46. The summed E-state index contributed by atoms with van der Waals surface area (Å²) in [6, 6.07) is 8.03. The number of pyridine rings is 1. The van der Waals surface area contributed by atoms with Crippen LogP contribution in [0.4, 0.5) is 0 Å². The van der Waals surface area contributed by atoms with Gasteiger partial charge in [-0.05, 0) is 52.4 Å². The number of carbonyl (C=O) groups excluding carboxylic acids is 2. The topological polar surface area (TPSA) is 112 Å². The summed E-state index contributed by atoms with van der Waals surface area (Å²) in [5.74, 6) is 2.95. The van der Waals surface area contributed by atoms with Crippen molar-refractivity contribution in [2.75, 3.05) is 34.3 Å². The molecule has 0 radical (unpaired) electrons. The smallest absolute Gasteiger partial charge is 0.194 e. The molecule has 1 saturated carbocycles. The largest absolute Gasteiger partial charge is 0.496 e. The number of aromatic nitrogens is 2. The average Bonchev–Trinajstić information content (AvgIpc) is 3.52. The average molecular weight is 567 g/mol. The quantitative estimate of drug-likeness (QED) is 0.209. The molecule has 1 atom stereocenters. The first-order chi connectivity index (χ1) is 19.9. The molecule has 3 heterocycles. The van der Waals surface area contributed by atoms with Crippen molar-refractivity contribution < 1.29 is 18.7 Å². The van der Waals surface area contributed by atoms with Crippen molar-refractivity contribution >= 4 is 23.0 Å². The van der Waals surface area contributed by atoms with Gasteiger partial charge in [-0.3, -0.25) is 9.78 Å². The highest BCUT2D eigenvalue weighted by Crippen LogP contribution is 2.56. The molecule has 41 heavy (non-hydrogen) atoms. The van der Waals surface area contributed by atoms with Crippen LogP contribution in [0.3, 0.4) is 0 Å². The van der Waals surface area contributed by atoms with E-state index in [4.69, 9.17) is 9.15 Å². The number of rotatable bonds is 11. The number of nitrogens with zero attached hydrogens (tertiary/aromatic N) is 3. The molecule has 1 aromatic carbocycles. The number of aldehydes is 1. The number of hydrogen-bond donors (Lipinski definition) is 1. The number of nitrogens with two attached hydrogens (primary N) is 1. The van der Waals surface area contributed by atoms with Crippen LogP contribution in [-0.4, -0.2) is 61.2 Å². The van der Waals surface area contributed by atoms with E-state index >= 15 is 0 Å². The molecule has 2 aliphatic rings. The van der Waals surface area contributed by atoms with E-state index in [1.165, 1.54) is 7.05 Å². The van der Waals surface area contributed by atoms with Crippen LogP contribution < -0.4 is 10.5 Å². The Hall–Kier alpha value is -3.10. The molecule has 1 unspecified atom stereocenters. The SMILES string of the molecule is CC.CCC(=O)CCCCCCc1ncc(-c2cc3ccc(C)nc3cc2OC)o1.CN.CN1CC2(CC2C=O)C1. The number of methoxy groups -OCH3 is 1. The van der Waals surface area contributed by atoms with Gasteiger partial charge in [0.05, 0.1) is 24.4 Å². The zero-order chi connectivity index (χ0) is 30.4. The number of fused-ring (bicyclic) bond motifs is 1. The first-order valence-corrected chi connectivity index (χ1v) is 15.0. The summed E-state index contributed by atoms with van der Waals surface area (Å²) in [6.45, 7) is 10.2. The van der Waals surface area contributed by atoms with Crippen molar-refractivity contribution in [2.24, 2.45) is 17.1 Å². The van der Waals surface area contributed by atoms with E-state index in [-0.39, 0.29) is 0 Å². The van der Waals surface area contributed by atoms with E-state index in [1.807, 2.05) is 45.9 Å². The Morgan fingerprint density at radius 2 is 1.88 bits per heavy atom. The maximum Gasteiger partial charge on any atom is 0.194 e. The fourth-order valence-corrected chi connectivity index (χ4v) is 5.26. The van der Waals surface area contributed by atoms with Crippen molar-refractivity contribution in [1.82, 2.24) is 14.9 Å². The Kier molecular flexibility index (Phi) is 14.1. The predicted molar refractivity (Wildman–Crippen MR) is 166 cm³/mol. The van der Waals surface area contributed by atoms with E-state index < -0.39 is 0 Å². The molecule has 1 spiro atoms. The van der Waals surface area contributed by atoms with Gasteiger partial charge < -0.3 is 24.6 Å². The van der Waals surface area contributed by atoms with Gasteiger partial charge in [0.25, 0.3) is 0 Å². The molecule has 0 amide bonds. The fourth-order valence-electron chi connectivity index (χ4n) is 5.26. The first kappa shape index (κ1) is 34.1. The van der Waals surface area contributed by atoms with Gasteiger partial charge in [0.1, 0.15) is 17.8 Å². The molecular formula is C33H50N4O4. The lowest BCUT2D eigenvalue weighted by atomic mass is 9.95. The maximum absolute atomic E-state index is 11.3. The van der Waals surface area contributed by atoms with Crippen molar-refractivity contribution in [3.05, 3.63) is 42.0 Å². The minimum atomic E-state index is 0.354. The second-order valence-electron chi connectivity index (χ2n) is 10.6. The van der Waals surface area contributed by atoms with E-state index in [2.05, 4.69) is 33.7 Å². The summed E-state index contributed by atoms with van der Waals surface area (Å²) >= 11 is 0. The summed E-state index contributed by atoms with van der Waals surface area (Å²) in [6.07, 6.45) is 10.3. The molecule has 5 rings (SSSR count). The first-order valence-electron chi connectivity index (χ1n) is 15.0. The summed E-state index contributed by atoms with van der Waals surface area (Å²) in [5, 5.41) is 1.04. The molecule has 2 N–H and O–H groups in total. The number of ketones is 1. The van der Waals surface area contributed by atoms with Gasteiger partial charge in [-0.15, -0.1) is 0 Å². The standard InChI is InChI=1S/C23H28N2O3.C7H11NO.C2H6.CH5N/c1-4-18(26)9-7-5-6-8-10-23-24-15-22(28-23)19-13-17-12-11-16(2)25-20(17)14-21(19)27-3;1-8-4-7(5-8)2-6(7)3-9;2*1-2/h11-15H,4-10H2,1-3H3;3,6H,2,4-5H2,1H3;1-2H3;2H2,1H3. The Morgan fingerprint density at radius 3 is 2.49 bits per heavy atom. The molecule has 1 aliphatic carbocycles. The molecule has 8 heteroatoms. The Bertz CT molecular complexity index is 1230. The fraction of sp³-hybridized carbons (Fsp3) is 0.576. The van der Waals surface area contributed by atoms with Crippen LogP contribution in [0.5, 0.6) is 5.75 Å². The van der Waals surface area contributed by atoms with Gasteiger partial charge in [-0.1, -0.05) is 39.7 Å². The normalized spacial score (nSPS) is 16.2. The molecule has 226 valence electrons. The van der Waals surface area contributed by atoms with Crippen LogP contribution in [0.15, 0.2) is 34.9 Å². The summed E-state index contributed by atoms with van der Waals surface area (Å²) in [7, 11) is 5.26. The number of ether oxygens (including phenoxy) is 1. The highest BCUT2D eigenvalue weighted by molar-refractivity contribution is 5.87. The van der Waals surface area contributed by atoms with Crippen LogP contribution in [0.2, 0.25) is 0 Å². The zero-order valence-corrected chi connectivity index (χ0v) is 26.2. The second kappa shape index (κ2) is 17.0. The highest BCUT2D eigenvalue weighted by Gasteiger charge is 2.60. The van der Waals surface area contributed by atoms with Gasteiger partial charge in [0, 0.05) is 60.8 Å². The Morgan fingerprint density at radius 1 is 1.17 bits per heavy atom. The molecule has 0 bridgehead atoms. The van der Waals surface area contributed by atoms with Crippen LogP contribution in [0.25, 0.3) is 22.2 Å². The third-order valence-electron chi connectivity index (χ3n) is 7.55. The number of unbranched alkanes of at least 4 members (excludes halogenated alkanes) is 3. The van der Waals surface area contributed by atoms with E-state index in [9.17, 15) is 9.59 Å². The number of Topliss-reactive ketones (excluding diaryl/α,β-unsaturated/α-hetero) is 1. The minimum absolute atomic E-state index is 0.354. The molecule has 2 aromatic heterocycles. The van der Waals surface area contributed by atoms with Crippen LogP contribution in [0, 0.1) is 18.3 Å². The van der Waals surface area contributed by atoms with Crippen molar-refractivity contribution in [3.8, 4) is 17.1 Å². The molecule has 1 saturated heterocycles. The lowest BCUT2D eigenvalue weighted by molar-refractivity contribution is -0.118. The Labute approximate surface area is 246 Å². The maximum atomic E-state index is 11.3. The summed E-state index contributed by atoms with van der Waals surface area (Å²) in [5.41, 5.74) is 7.74. The number of benzene rings is 1. The number of hydrogen-bond acceptors (Lipinski definition) is 8. The van der Waals surface area contributed by atoms with Gasteiger partial charge in [-0.2, -0.15) is 0 Å². The lowest BCUT2D eigenvalue weighted by Gasteiger charge is -2.37. The van der Waals surface area contributed by atoms with Gasteiger partial charge in [0.15, 0.2) is 11.7 Å². The third-order valence-corrected chi connectivity index (χ3v) is 7.55. The van der Waals surface area contributed by atoms with Crippen LogP contribution >= 0.6 is 0 Å². The highest BCUT2D eigenvalue weighted by atomic mass is 16.5. The molecule has 2 fully saturated rings. The molecule has 3 aromatic rings. The zero-order valence-electron chi connectivity index (χ0n) is 26.2. The van der Waals surface area contributed by atoms with E-state index in [0.717, 1.165) is 91.7 Å². The van der Waals surface area contributed by atoms with Gasteiger partial charge in [-0.25, -0.2) is 4.98 Å². The van der Waals surface area contributed by atoms with Crippen molar-refractivity contribution in [3.63, 3.8) is 0 Å². The monoisotopic (exact) mass is 566 g/mol. The molecular weight excluding hydrogens is 516 g/mol. The Balaban J connectivity index is 0.000000374. The van der Waals surface area contributed by atoms with E-state index in [1.54, 1.807) is 13.3 Å².